The van der Waals surface area contributed by atoms with Gasteiger partial charge >= 0.3 is 0 Å². The second kappa shape index (κ2) is 9.65. The van der Waals surface area contributed by atoms with Gasteiger partial charge in [0.2, 0.25) is 5.91 Å². The summed E-state index contributed by atoms with van der Waals surface area (Å²) in [6.45, 7) is 5.85. The van der Waals surface area contributed by atoms with Crippen LogP contribution in [-0.4, -0.2) is 63.4 Å². The van der Waals surface area contributed by atoms with Crippen molar-refractivity contribution in [2.24, 2.45) is 0 Å². The SMILES string of the molecule is CCC1COCCN1C(=O)CNCCOC.Cl. The zero-order valence-corrected chi connectivity index (χ0v) is 11.4. The van der Waals surface area contributed by atoms with E-state index < -0.39 is 0 Å². The Hall–Kier alpha value is -0.360. The molecule has 0 aliphatic carbocycles. The van der Waals surface area contributed by atoms with Crippen LogP contribution in [0, 0.1) is 0 Å². The minimum Gasteiger partial charge on any atom is -0.383 e. The first-order valence-corrected chi connectivity index (χ1v) is 5.86. The van der Waals surface area contributed by atoms with Crippen LogP contribution in [0.3, 0.4) is 0 Å². The first kappa shape index (κ1) is 16.6. The van der Waals surface area contributed by atoms with Gasteiger partial charge in [-0.2, -0.15) is 0 Å². The van der Waals surface area contributed by atoms with Crippen LogP contribution in [-0.2, 0) is 14.3 Å². The Kier molecular flexibility index (Phi) is 9.44. The molecule has 1 amide bonds. The number of carbonyl (C=O) groups is 1. The first-order valence-electron chi connectivity index (χ1n) is 5.86. The van der Waals surface area contributed by atoms with E-state index in [9.17, 15) is 4.79 Å². The number of hydrogen-bond donors (Lipinski definition) is 1. The topological polar surface area (TPSA) is 50.8 Å². The van der Waals surface area contributed by atoms with E-state index in [0.717, 1.165) is 6.42 Å². The van der Waals surface area contributed by atoms with Crippen molar-refractivity contribution in [1.29, 1.82) is 0 Å². The lowest BCUT2D eigenvalue weighted by molar-refractivity contribution is -0.139. The van der Waals surface area contributed by atoms with Crippen molar-refractivity contribution in [2.75, 3.05) is 46.6 Å². The number of nitrogens with one attached hydrogen (secondary N) is 1. The van der Waals surface area contributed by atoms with Crippen LogP contribution in [0.25, 0.3) is 0 Å². The largest absolute Gasteiger partial charge is 0.383 e. The van der Waals surface area contributed by atoms with Gasteiger partial charge in [0.1, 0.15) is 0 Å². The Balaban J connectivity index is 0.00000256. The Morgan fingerprint density at radius 2 is 2.35 bits per heavy atom. The number of rotatable bonds is 6. The van der Waals surface area contributed by atoms with E-state index in [1.165, 1.54) is 0 Å². The van der Waals surface area contributed by atoms with E-state index in [4.69, 9.17) is 9.47 Å². The number of nitrogens with zero attached hydrogens (tertiary/aromatic N) is 1. The summed E-state index contributed by atoms with van der Waals surface area (Å²) >= 11 is 0. The number of hydrogen-bond acceptors (Lipinski definition) is 4. The van der Waals surface area contributed by atoms with E-state index in [2.05, 4.69) is 12.2 Å². The molecule has 0 radical (unpaired) electrons. The van der Waals surface area contributed by atoms with Crippen molar-refractivity contribution in [1.82, 2.24) is 10.2 Å². The maximum absolute atomic E-state index is 11.9. The van der Waals surface area contributed by atoms with Crippen molar-refractivity contribution in [2.45, 2.75) is 19.4 Å². The molecule has 1 fully saturated rings. The summed E-state index contributed by atoms with van der Waals surface area (Å²) in [7, 11) is 1.65. The van der Waals surface area contributed by atoms with Gasteiger partial charge in [-0.15, -0.1) is 12.4 Å². The van der Waals surface area contributed by atoms with E-state index >= 15 is 0 Å². The van der Waals surface area contributed by atoms with Crippen molar-refractivity contribution in [3.63, 3.8) is 0 Å². The first-order chi connectivity index (χ1) is 7.79. The number of ether oxygens (including phenoxy) is 2. The van der Waals surface area contributed by atoms with Crippen LogP contribution in [0.4, 0.5) is 0 Å². The number of amides is 1. The molecule has 0 spiro atoms. The number of carbonyl (C=O) groups excluding carboxylic acids is 1. The van der Waals surface area contributed by atoms with Gasteiger partial charge in [0.05, 0.1) is 32.4 Å². The smallest absolute Gasteiger partial charge is 0.236 e. The maximum Gasteiger partial charge on any atom is 0.236 e. The Bertz CT molecular complexity index is 217. The molecule has 6 heteroatoms. The molecule has 1 aliphatic rings. The van der Waals surface area contributed by atoms with Crippen LogP contribution in [0.2, 0.25) is 0 Å². The summed E-state index contributed by atoms with van der Waals surface area (Å²) in [5.41, 5.74) is 0. The van der Waals surface area contributed by atoms with Crippen LogP contribution in [0.15, 0.2) is 0 Å². The molecular formula is C11H23ClN2O3. The molecule has 17 heavy (non-hydrogen) atoms. The van der Waals surface area contributed by atoms with E-state index in [1.807, 2.05) is 4.90 Å². The van der Waals surface area contributed by atoms with Crippen molar-refractivity contribution in [3.8, 4) is 0 Å². The van der Waals surface area contributed by atoms with Gasteiger partial charge in [-0.25, -0.2) is 0 Å². The fourth-order valence-corrected chi connectivity index (χ4v) is 1.79. The average Bonchev–Trinajstić information content (AvgIpc) is 2.34. The molecule has 102 valence electrons. The van der Waals surface area contributed by atoms with Gasteiger partial charge in [0, 0.05) is 20.2 Å². The van der Waals surface area contributed by atoms with Crippen molar-refractivity contribution in [3.05, 3.63) is 0 Å². The highest BCUT2D eigenvalue weighted by molar-refractivity contribution is 5.85. The standard InChI is InChI=1S/C11H22N2O3.ClH/c1-3-10-9-16-7-5-13(10)11(14)8-12-4-6-15-2;/h10,12H,3-9H2,1-2H3;1H. The van der Waals surface area contributed by atoms with Crippen molar-refractivity contribution >= 4 is 18.3 Å². The lowest BCUT2D eigenvalue weighted by atomic mass is 10.2. The predicted octanol–water partition coefficient (Wildman–Crippen LogP) is 0.282. The van der Waals surface area contributed by atoms with Crippen molar-refractivity contribution < 1.29 is 14.3 Å². The number of morpholine rings is 1. The van der Waals surface area contributed by atoms with E-state index in [-0.39, 0.29) is 24.4 Å². The molecule has 5 nitrogen and oxygen atoms in total. The molecule has 1 rings (SSSR count). The average molecular weight is 267 g/mol. The van der Waals surface area contributed by atoms with Gasteiger partial charge in [0.15, 0.2) is 0 Å². The quantitative estimate of drug-likeness (QED) is 0.702. The van der Waals surface area contributed by atoms with Gasteiger partial charge in [-0.1, -0.05) is 6.92 Å². The third-order valence-electron chi connectivity index (χ3n) is 2.78. The van der Waals surface area contributed by atoms with Gasteiger partial charge in [-0.05, 0) is 6.42 Å². The van der Waals surface area contributed by atoms with Gasteiger partial charge < -0.3 is 19.7 Å². The zero-order valence-electron chi connectivity index (χ0n) is 10.6. The molecule has 1 atom stereocenters. The highest BCUT2D eigenvalue weighted by Crippen LogP contribution is 2.09. The van der Waals surface area contributed by atoms with Crippen LogP contribution in [0.1, 0.15) is 13.3 Å². The summed E-state index contributed by atoms with van der Waals surface area (Å²) in [6, 6.07) is 0.241. The Morgan fingerprint density at radius 1 is 1.59 bits per heavy atom. The lowest BCUT2D eigenvalue weighted by Gasteiger charge is -2.35. The predicted molar refractivity (Wildman–Crippen MR) is 68.6 cm³/mol. The van der Waals surface area contributed by atoms with Gasteiger partial charge in [-0.3, -0.25) is 4.79 Å². The van der Waals surface area contributed by atoms with Crippen LogP contribution >= 0.6 is 12.4 Å². The molecule has 1 heterocycles. The Labute approximate surface area is 109 Å². The fourth-order valence-electron chi connectivity index (χ4n) is 1.79. The molecule has 1 N–H and O–H groups in total. The zero-order chi connectivity index (χ0) is 11.8. The van der Waals surface area contributed by atoms with Gasteiger partial charge in [0.25, 0.3) is 0 Å². The molecule has 1 saturated heterocycles. The summed E-state index contributed by atoms with van der Waals surface area (Å²) in [6.07, 6.45) is 0.948. The molecule has 0 bridgehead atoms. The lowest BCUT2D eigenvalue weighted by Crippen LogP contribution is -2.51. The molecule has 0 saturated carbocycles. The highest BCUT2D eigenvalue weighted by Gasteiger charge is 2.25. The molecule has 0 aromatic rings. The number of halogens is 1. The minimum atomic E-state index is 0. The summed E-state index contributed by atoms with van der Waals surface area (Å²) < 4.78 is 10.3. The molecular weight excluding hydrogens is 244 g/mol. The normalized spacial score (nSPS) is 19.9. The molecule has 0 aromatic carbocycles. The third kappa shape index (κ3) is 5.68. The summed E-state index contributed by atoms with van der Waals surface area (Å²) in [5.74, 6) is 0.159. The maximum atomic E-state index is 11.9. The number of methoxy groups -OCH3 is 1. The fraction of sp³-hybridized carbons (Fsp3) is 0.909. The molecule has 1 aliphatic heterocycles. The monoisotopic (exact) mass is 266 g/mol. The molecule has 1 unspecified atom stereocenters. The minimum absolute atomic E-state index is 0. The Morgan fingerprint density at radius 3 is 3.00 bits per heavy atom. The van der Waals surface area contributed by atoms with E-state index in [0.29, 0.717) is 39.5 Å². The highest BCUT2D eigenvalue weighted by atomic mass is 35.5. The second-order valence-electron chi connectivity index (χ2n) is 3.89. The van der Waals surface area contributed by atoms with Crippen LogP contribution < -0.4 is 5.32 Å². The third-order valence-corrected chi connectivity index (χ3v) is 2.78. The summed E-state index contributed by atoms with van der Waals surface area (Å²) in [5, 5.41) is 3.07. The summed E-state index contributed by atoms with van der Waals surface area (Å²) in [4.78, 5) is 13.8. The molecule has 0 aromatic heterocycles. The van der Waals surface area contributed by atoms with Crippen LogP contribution in [0.5, 0.6) is 0 Å². The van der Waals surface area contributed by atoms with E-state index in [1.54, 1.807) is 7.11 Å². The second-order valence-corrected chi connectivity index (χ2v) is 3.89.